The Labute approximate surface area is 419 Å². The van der Waals surface area contributed by atoms with Crippen molar-refractivity contribution in [1.82, 2.24) is 5.32 Å². The third-order valence-electron chi connectivity index (χ3n) is 11.8. The molecule has 8 nitrogen and oxygen atoms in total. The van der Waals surface area contributed by atoms with E-state index in [0.29, 0.717) is 17.4 Å². The van der Waals surface area contributed by atoms with Gasteiger partial charge in [0.2, 0.25) is 5.91 Å². The lowest BCUT2D eigenvalue weighted by Crippen LogP contribution is -2.45. The summed E-state index contributed by atoms with van der Waals surface area (Å²) in [7, 11) is 1.50. The van der Waals surface area contributed by atoms with Gasteiger partial charge in [0, 0.05) is 6.42 Å². The molecule has 0 aromatic rings. The van der Waals surface area contributed by atoms with Crippen molar-refractivity contribution in [3.8, 4) is 0 Å². The molecule has 3 atom stereocenters. The van der Waals surface area contributed by atoms with E-state index in [2.05, 4.69) is 92.1 Å². The van der Waals surface area contributed by atoms with Gasteiger partial charge in [0.1, 0.15) is 13.2 Å². The number of allylic oxidation sites excluding steroid dienone is 15. The molecule has 0 aliphatic rings. The summed E-state index contributed by atoms with van der Waals surface area (Å²) in [5.74, 6) is -0.271. The van der Waals surface area contributed by atoms with Crippen LogP contribution in [0.4, 0.5) is 0 Å². The van der Waals surface area contributed by atoms with Gasteiger partial charge in [-0.15, -0.1) is 0 Å². The molecule has 0 bridgehead atoms. The molecule has 0 aromatic carbocycles. The molecule has 392 valence electrons. The van der Waals surface area contributed by atoms with Crippen molar-refractivity contribution < 1.29 is 32.9 Å². The minimum atomic E-state index is -4.38. The molecular weight excluding hydrogens is 864 g/mol. The largest absolute Gasteiger partial charge is 0.472 e. The predicted octanol–water partition coefficient (Wildman–Crippen LogP) is 16.6. The molecule has 0 saturated heterocycles. The monoisotopic (exact) mass is 970 g/mol. The zero-order chi connectivity index (χ0) is 49.9. The van der Waals surface area contributed by atoms with Crippen LogP contribution in [0.5, 0.6) is 0 Å². The molecule has 0 aromatic heterocycles. The fourth-order valence-corrected chi connectivity index (χ4v) is 8.23. The number of aliphatic hydroxyl groups is 1. The van der Waals surface area contributed by atoms with Crippen molar-refractivity contribution in [2.75, 3.05) is 40.9 Å². The lowest BCUT2D eigenvalue weighted by molar-refractivity contribution is -0.870. The first-order valence-electron chi connectivity index (χ1n) is 27.6. The topological polar surface area (TPSA) is 105 Å². The minimum absolute atomic E-state index is 0.0375. The standard InChI is InChI=1S/C59H105N2O6P/c1-6-8-10-12-14-16-18-20-22-24-26-27-28-29-30-31-32-33-35-36-38-40-42-44-46-48-50-52-58(62)57(56-67-68(64,65)66-55-54-61(3,4)5)60-59(63)53-51-49-47-45-43-41-39-37-34-25-23-21-19-17-15-13-11-9-7-2/h9,11,15,17,21,23,34,37,41-44,47,49-50,52,57-58,62H,6-8,10,12-14,16,18-20,22,24-33,35-36,38-40,45-46,48,51,53-56H2,1-5H3,(H-,60,63,64,65)/p+1/b11-9-,17-15-,23-21-,37-34-,43-41-,44-42+,49-47-,52-50+. The molecule has 68 heavy (non-hydrogen) atoms. The highest BCUT2D eigenvalue weighted by Gasteiger charge is 2.27. The van der Waals surface area contributed by atoms with E-state index in [1.807, 2.05) is 39.4 Å². The van der Waals surface area contributed by atoms with Crippen molar-refractivity contribution >= 4 is 13.7 Å². The third-order valence-corrected chi connectivity index (χ3v) is 12.8. The molecule has 3 N–H and O–H groups in total. The Morgan fingerprint density at radius 2 is 0.897 bits per heavy atom. The summed E-state index contributed by atoms with van der Waals surface area (Å²) in [6.45, 7) is 4.62. The van der Waals surface area contributed by atoms with E-state index >= 15 is 0 Å². The summed E-state index contributed by atoms with van der Waals surface area (Å²) in [6, 6.07) is -0.911. The van der Waals surface area contributed by atoms with Crippen LogP contribution < -0.4 is 5.32 Å². The van der Waals surface area contributed by atoms with Crippen LogP contribution in [-0.4, -0.2) is 73.4 Å². The van der Waals surface area contributed by atoms with E-state index in [1.165, 1.54) is 135 Å². The lowest BCUT2D eigenvalue weighted by atomic mass is 10.0. The predicted molar refractivity (Wildman–Crippen MR) is 295 cm³/mol. The van der Waals surface area contributed by atoms with Gasteiger partial charge in [0.15, 0.2) is 0 Å². The molecule has 1 amide bonds. The van der Waals surface area contributed by atoms with E-state index in [4.69, 9.17) is 9.05 Å². The first-order chi connectivity index (χ1) is 33.0. The number of carbonyl (C=O) groups is 1. The highest BCUT2D eigenvalue weighted by molar-refractivity contribution is 7.47. The first kappa shape index (κ1) is 65.4. The SMILES string of the molecule is CC/C=C\C/C=C\C/C=C\C/C=C\C/C=C\C/C=C\CCC(=O)NC(COP(=O)(O)OCC[N+](C)(C)C)C(O)/C=C/CC/C=C/CCCCCCCCCCCCCCCCCCCCCCC. The van der Waals surface area contributed by atoms with Gasteiger partial charge < -0.3 is 19.8 Å². The second-order valence-electron chi connectivity index (χ2n) is 19.6. The number of amides is 1. The average Bonchev–Trinajstić information content (AvgIpc) is 3.30. The Balaban J connectivity index is 4.38. The zero-order valence-corrected chi connectivity index (χ0v) is 45.5. The molecule has 3 unspecified atom stereocenters. The summed E-state index contributed by atoms with van der Waals surface area (Å²) in [5, 5.41) is 13.8. The average molecular weight is 970 g/mol. The number of hydrogen-bond acceptors (Lipinski definition) is 5. The number of unbranched alkanes of at least 4 members (excludes halogenated alkanes) is 22. The molecule has 0 aliphatic heterocycles. The molecule has 0 spiro atoms. The number of nitrogens with one attached hydrogen (secondary N) is 1. The van der Waals surface area contributed by atoms with Gasteiger partial charge in [-0.3, -0.25) is 13.8 Å². The highest BCUT2D eigenvalue weighted by atomic mass is 31.2. The Morgan fingerprint density at radius 1 is 0.515 bits per heavy atom. The van der Waals surface area contributed by atoms with Gasteiger partial charge in [0.25, 0.3) is 0 Å². The summed E-state index contributed by atoms with van der Waals surface area (Å²) >= 11 is 0. The fraction of sp³-hybridized carbons (Fsp3) is 0.712. The molecule has 0 heterocycles. The van der Waals surface area contributed by atoms with E-state index < -0.39 is 20.0 Å². The van der Waals surface area contributed by atoms with Gasteiger partial charge in [-0.25, -0.2) is 4.57 Å². The number of quaternary nitrogens is 1. The van der Waals surface area contributed by atoms with Crippen molar-refractivity contribution in [3.05, 3.63) is 97.2 Å². The summed E-state index contributed by atoms with van der Waals surface area (Å²) < 4.78 is 23.6. The van der Waals surface area contributed by atoms with E-state index in [1.54, 1.807) is 6.08 Å². The van der Waals surface area contributed by atoms with Gasteiger partial charge in [-0.1, -0.05) is 239 Å². The van der Waals surface area contributed by atoms with Crippen LogP contribution in [0.2, 0.25) is 0 Å². The van der Waals surface area contributed by atoms with E-state index in [-0.39, 0.29) is 25.5 Å². The van der Waals surface area contributed by atoms with Gasteiger partial charge >= 0.3 is 7.82 Å². The van der Waals surface area contributed by atoms with E-state index in [0.717, 1.165) is 57.8 Å². The third kappa shape index (κ3) is 51.3. The van der Waals surface area contributed by atoms with Crippen LogP contribution in [-0.2, 0) is 18.4 Å². The van der Waals surface area contributed by atoms with Crippen LogP contribution >= 0.6 is 7.82 Å². The molecule has 9 heteroatoms. The van der Waals surface area contributed by atoms with Crippen molar-refractivity contribution in [2.24, 2.45) is 0 Å². The number of likely N-dealkylation sites (N-methyl/N-ethyl adjacent to an activating group) is 1. The van der Waals surface area contributed by atoms with Crippen LogP contribution in [0, 0.1) is 0 Å². The minimum Gasteiger partial charge on any atom is -0.387 e. The number of phosphoric ester groups is 1. The molecule has 0 radical (unpaired) electrons. The molecule has 0 saturated carbocycles. The maximum Gasteiger partial charge on any atom is 0.472 e. The molecule has 0 aliphatic carbocycles. The summed E-state index contributed by atoms with van der Waals surface area (Å²) in [5.41, 5.74) is 0. The second kappa shape index (κ2) is 49.4. The number of nitrogens with zero attached hydrogens (tertiary/aromatic N) is 1. The van der Waals surface area contributed by atoms with Crippen molar-refractivity contribution in [1.29, 1.82) is 0 Å². The Hall–Kier alpha value is -2.58. The van der Waals surface area contributed by atoms with Crippen LogP contribution in [0.3, 0.4) is 0 Å². The fourth-order valence-electron chi connectivity index (χ4n) is 7.49. The molecular formula is C59H106N2O6P+. The van der Waals surface area contributed by atoms with Gasteiger partial charge in [0.05, 0.1) is 39.9 Å². The van der Waals surface area contributed by atoms with Crippen LogP contribution in [0.15, 0.2) is 97.2 Å². The number of carbonyl (C=O) groups excluding carboxylic acids is 1. The Morgan fingerprint density at radius 3 is 1.34 bits per heavy atom. The smallest absolute Gasteiger partial charge is 0.387 e. The quantitative estimate of drug-likeness (QED) is 0.0243. The van der Waals surface area contributed by atoms with Crippen LogP contribution in [0.25, 0.3) is 0 Å². The number of rotatable bonds is 49. The molecule has 0 fully saturated rings. The normalized spacial score (nSPS) is 14.8. The Kier molecular flexibility index (Phi) is 47.5. The second-order valence-corrected chi connectivity index (χ2v) is 21.0. The van der Waals surface area contributed by atoms with Crippen molar-refractivity contribution in [3.63, 3.8) is 0 Å². The highest BCUT2D eigenvalue weighted by Crippen LogP contribution is 2.43. The van der Waals surface area contributed by atoms with E-state index in [9.17, 15) is 19.4 Å². The maximum absolute atomic E-state index is 12.9. The Bertz CT molecular complexity index is 1420. The lowest BCUT2D eigenvalue weighted by Gasteiger charge is -2.25. The number of aliphatic hydroxyl groups excluding tert-OH is 1. The number of phosphoric acid groups is 1. The molecule has 0 rings (SSSR count). The summed E-state index contributed by atoms with van der Waals surface area (Å²) in [4.78, 5) is 23.2. The van der Waals surface area contributed by atoms with Crippen molar-refractivity contribution in [2.45, 2.75) is 231 Å². The maximum atomic E-state index is 12.9. The van der Waals surface area contributed by atoms with Crippen LogP contribution in [0.1, 0.15) is 219 Å². The first-order valence-corrected chi connectivity index (χ1v) is 29.1. The number of hydrogen-bond donors (Lipinski definition) is 3. The van der Waals surface area contributed by atoms with Gasteiger partial charge in [-0.2, -0.15) is 0 Å². The zero-order valence-electron chi connectivity index (χ0n) is 44.6. The summed E-state index contributed by atoms with van der Waals surface area (Å²) in [6.07, 6.45) is 71.1. The van der Waals surface area contributed by atoms with Gasteiger partial charge in [-0.05, 0) is 70.6 Å².